The molecule has 0 aromatic heterocycles. The maximum absolute atomic E-state index is 12.1. The van der Waals surface area contributed by atoms with Gasteiger partial charge in [-0.1, -0.05) is 37.3 Å². The molecular formula is C15H18N2O2S. The Morgan fingerprint density at radius 2 is 1.60 bits per heavy atom. The smallest absolute Gasteiger partial charge is 0.180 e. The van der Waals surface area contributed by atoms with E-state index in [0.29, 0.717) is 17.1 Å². The van der Waals surface area contributed by atoms with Gasteiger partial charge in [0, 0.05) is 12.2 Å². The van der Waals surface area contributed by atoms with Crippen molar-refractivity contribution in [2.45, 2.75) is 18.4 Å². The van der Waals surface area contributed by atoms with Crippen molar-refractivity contribution in [3.05, 3.63) is 54.1 Å². The summed E-state index contributed by atoms with van der Waals surface area (Å²) in [5.41, 5.74) is 8.04. The van der Waals surface area contributed by atoms with Crippen molar-refractivity contribution in [3.8, 4) is 0 Å². The Bertz CT molecular complexity index is 697. The van der Waals surface area contributed by atoms with Crippen LogP contribution in [0.3, 0.4) is 0 Å². The largest absolute Gasteiger partial charge is 0.354 e. The van der Waals surface area contributed by atoms with Gasteiger partial charge in [-0.3, -0.25) is 0 Å². The number of benzene rings is 2. The van der Waals surface area contributed by atoms with E-state index in [-0.39, 0.29) is 5.75 Å². The molecule has 0 amide bonds. The SMILES string of the molecule is CCS(=O)(=O)c1ccccc1Nc1ccccc1CN. The van der Waals surface area contributed by atoms with E-state index in [1.807, 2.05) is 30.3 Å². The van der Waals surface area contributed by atoms with E-state index in [0.717, 1.165) is 11.3 Å². The molecule has 3 N–H and O–H groups in total. The number of anilines is 2. The minimum Gasteiger partial charge on any atom is -0.354 e. The molecule has 0 saturated carbocycles. The molecule has 2 aromatic rings. The molecule has 2 rings (SSSR count). The van der Waals surface area contributed by atoms with Crippen LogP contribution in [0, 0.1) is 0 Å². The summed E-state index contributed by atoms with van der Waals surface area (Å²) in [6.45, 7) is 2.03. The Labute approximate surface area is 119 Å². The molecule has 2 aromatic carbocycles. The number of nitrogens with one attached hydrogen (secondary N) is 1. The van der Waals surface area contributed by atoms with Crippen molar-refractivity contribution in [1.82, 2.24) is 0 Å². The molecule has 5 heteroatoms. The van der Waals surface area contributed by atoms with Crippen LogP contribution in [0.2, 0.25) is 0 Å². The zero-order valence-electron chi connectivity index (χ0n) is 11.3. The highest BCUT2D eigenvalue weighted by molar-refractivity contribution is 7.91. The van der Waals surface area contributed by atoms with Crippen LogP contribution in [-0.2, 0) is 16.4 Å². The van der Waals surface area contributed by atoms with Gasteiger partial charge in [-0.15, -0.1) is 0 Å². The molecule has 0 bridgehead atoms. The van der Waals surface area contributed by atoms with Crippen LogP contribution in [0.15, 0.2) is 53.4 Å². The number of sulfone groups is 1. The van der Waals surface area contributed by atoms with Crippen molar-refractivity contribution in [2.24, 2.45) is 5.73 Å². The fourth-order valence-electron chi connectivity index (χ4n) is 1.96. The molecule has 0 spiro atoms. The van der Waals surface area contributed by atoms with Crippen LogP contribution < -0.4 is 11.1 Å². The van der Waals surface area contributed by atoms with E-state index in [1.54, 1.807) is 25.1 Å². The summed E-state index contributed by atoms with van der Waals surface area (Å²) in [6, 6.07) is 14.5. The van der Waals surface area contributed by atoms with Crippen LogP contribution in [0.5, 0.6) is 0 Å². The van der Waals surface area contributed by atoms with E-state index in [4.69, 9.17) is 5.73 Å². The van der Waals surface area contributed by atoms with Crippen LogP contribution in [0.1, 0.15) is 12.5 Å². The molecule has 0 unspecified atom stereocenters. The van der Waals surface area contributed by atoms with Gasteiger partial charge in [0.25, 0.3) is 0 Å². The number of rotatable bonds is 5. The van der Waals surface area contributed by atoms with Crippen molar-refractivity contribution in [1.29, 1.82) is 0 Å². The number of hydrogen-bond acceptors (Lipinski definition) is 4. The summed E-state index contributed by atoms with van der Waals surface area (Å²) in [4.78, 5) is 0.314. The molecule has 0 aliphatic carbocycles. The lowest BCUT2D eigenvalue weighted by Crippen LogP contribution is -2.08. The van der Waals surface area contributed by atoms with Gasteiger partial charge in [0.15, 0.2) is 9.84 Å². The van der Waals surface area contributed by atoms with Gasteiger partial charge in [-0.25, -0.2) is 8.42 Å². The summed E-state index contributed by atoms with van der Waals surface area (Å²) >= 11 is 0. The van der Waals surface area contributed by atoms with E-state index in [9.17, 15) is 8.42 Å². The minimum atomic E-state index is -3.26. The second-order valence-electron chi connectivity index (χ2n) is 4.39. The third kappa shape index (κ3) is 3.00. The fraction of sp³-hybridized carbons (Fsp3) is 0.200. The van der Waals surface area contributed by atoms with Gasteiger partial charge in [0.1, 0.15) is 0 Å². The molecule has 0 radical (unpaired) electrons. The standard InChI is InChI=1S/C15H18N2O2S/c1-2-20(18,19)15-10-6-5-9-14(15)17-13-8-4-3-7-12(13)11-16/h3-10,17H,2,11,16H2,1H3. The molecule has 0 atom stereocenters. The second-order valence-corrected chi connectivity index (χ2v) is 6.63. The Hall–Kier alpha value is -1.85. The topological polar surface area (TPSA) is 72.2 Å². The Kier molecular flexibility index (Phi) is 4.42. The first kappa shape index (κ1) is 14.6. The van der Waals surface area contributed by atoms with Gasteiger partial charge < -0.3 is 11.1 Å². The van der Waals surface area contributed by atoms with Gasteiger partial charge in [0.2, 0.25) is 0 Å². The van der Waals surface area contributed by atoms with Gasteiger partial charge >= 0.3 is 0 Å². The van der Waals surface area contributed by atoms with E-state index < -0.39 is 9.84 Å². The third-order valence-corrected chi connectivity index (χ3v) is 4.89. The quantitative estimate of drug-likeness (QED) is 0.888. The Balaban J connectivity index is 2.45. The summed E-state index contributed by atoms with van der Waals surface area (Å²) in [7, 11) is -3.26. The maximum Gasteiger partial charge on any atom is 0.180 e. The molecule has 0 aliphatic heterocycles. The zero-order chi connectivity index (χ0) is 14.6. The van der Waals surface area contributed by atoms with Crippen LogP contribution in [0.25, 0.3) is 0 Å². The van der Waals surface area contributed by atoms with Crippen LogP contribution >= 0.6 is 0 Å². The van der Waals surface area contributed by atoms with Gasteiger partial charge in [0.05, 0.1) is 16.3 Å². The maximum atomic E-state index is 12.1. The van der Waals surface area contributed by atoms with Crippen molar-refractivity contribution >= 4 is 21.2 Å². The highest BCUT2D eigenvalue weighted by atomic mass is 32.2. The summed E-state index contributed by atoms with van der Waals surface area (Å²) < 4.78 is 24.2. The average molecular weight is 290 g/mol. The Morgan fingerprint density at radius 1 is 1.00 bits per heavy atom. The molecule has 0 fully saturated rings. The fourth-order valence-corrected chi connectivity index (χ4v) is 3.01. The van der Waals surface area contributed by atoms with E-state index in [2.05, 4.69) is 5.32 Å². The lowest BCUT2D eigenvalue weighted by atomic mass is 10.1. The minimum absolute atomic E-state index is 0.0736. The van der Waals surface area contributed by atoms with E-state index in [1.165, 1.54) is 0 Å². The first-order chi connectivity index (χ1) is 9.58. The van der Waals surface area contributed by atoms with Gasteiger partial charge in [-0.05, 0) is 23.8 Å². The monoisotopic (exact) mass is 290 g/mol. The molecular weight excluding hydrogens is 272 g/mol. The zero-order valence-corrected chi connectivity index (χ0v) is 12.2. The molecule has 0 saturated heterocycles. The average Bonchev–Trinajstić information content (AvgIpc) is 2.48. The number of nitrogens with two attached hydrogens (primary N) is 1. The molecule has 20 heavy (non-hydrogen) atoms. The molecule has 106 valence electrons. The van der Waals surface area contributed by atoms with Gasteiger partial charge in [-0.2, -0.15) is 0 Å². The van der Waals surface area contributed by atoms with Crippen molar-refractivity contribution < 1.29 is 8.42 Å². The number of para-hydroxylation sites is 2. The van der Waals surface area contributed by atoms with Crippen molar-refractivity contribution in [2.75, 3.05) is 11.1 Å². The van der Waals surface area contributed by atoms with Crippen molar-refractivity contribution in [3.63, 3.8) is 0 Å². The molecule has 0 heterocycles. The Morgan fingerprint density at radius 3 is 2.25 bits per heavy atom. The predicted octanol–water partition coefficient (Wildman–Crippen LogP) is 2.68. The third-order valence-electron chi connectivity index (χ3n) is 3.11. The lowest BCUT2D eigenvalue weighted by molar-refractivity contribution is 0.597. The summed E-state index contributed by atoms with van der Waals surface area (Å²) in [6.07, 6.45) is 0. The van der Waals surface area contributed by atoms with Crippen LogP contribution in [0.4, 0.5) is 11.4 Å². The molecule has 0 aliphatic rings. The highest BCUT2D eigenvalue weighted by Gasteiger charge is 2.16. The summed E-state index contributed by atoms with van der Waals surface area (Å²) in [5, 5.41) is 3.17. The van der Waals surface area contributed by atoms with Crippen LogP contribution in [-0.4, -0.2) is 14.2 Å². The lowest BCUT2D eigenvalue weighted by Gasteiger charge is -2.14. The predicted molar refractivity (Wildman–Crippen MR) is 81.8 cm³/mol. The first-order valence-corrected chi connectivity index (χ1v) is 8.10. The molecule has 4 nitrogen and oxygen atoms in total. The summed E-state index contributed by atoms with van der Waals surface area (Å²) in [5.74, 6) is 0.0736. The second kappa shape index (κ2) is 6.07. The normalized spacial score (nSPS) is 11.3. The highest BCUT2D eigenvalue weighted by Crippen LogP contribution is 2.27. The number of hydrogen-bond donors (Lipinski definition) is 2. The van der Waals surface area contributed by atoms with E-state index >= 15 is 0 Å². The first-order valence-electron chi connectivity index (χ1n) is 6.45.